The molecule has 0 bridgehead atoms. The van der Waals surface area contributed by atoms with Gasteiger partial charge in [-0.3, -0.25) is 4.79 Å². The summed E-state index contributed by atoms with van der Waals surface area (Å²) in [5.41, 5.74) is 5.81. The predicted octanol–water partition coefficient (Wildman–Crippen LogP) is 3.63. The normalized spacial score (nSPS) is 15.2. The number of carbonyl (C=O) groups excluding carboxylic acids is 1. The standard InChI is InChI=1S/C17H30NO5PSi/c1-25(2,3)14-12-22-17(19)16(18)11-7-8-13-24(20,21)23-15-9-5-4-6-10-15/h4-6,9-10,16H,7-8,11-14,18H2,1-3H3,(H,20,21)/t16-/m0/s1. The van der Waals surface area contributed by atoms with Crippen molar-refractivity contribution in [2.75, 3.05) is 12.8 Å². The minimum atomic E-state index is -3.69. The van der Waals surface area contributed by atoms with Crippen LogP contribution in [-0.4, -0.2) is 37.7 Å². The predicted molar refractivity (Wildman–Crippen MR) is 103 cm³/mol. The molecule has 0 saturated heterocycles. The van der Waals surface area contributed by atoms with Gasteiger partial charge in [0.1, 0.15) is 11.8 Å². The molecule has 142 valence electrons. The third kappa shape index (κ3) is 10.4. The van der Waals surface area contributed by atoms with Crippen LogP contribution >= 0.6 is 7.60 Å². The lowest BCUT2D eigenvalue weighted by molar-refractivity contribution is -0.144. The first kappa shape index (κ1) is 21.9. The monoisotopic (exact) mass is 387 g/mol. The number of rotatable bonds is 11. The van der Waals surface area contributed by atoms with Crippen molar-refractivity contribution in [2.45, 2.75) is 51.0 Å². The van der Waals surface area contributed by atoms with E-state index >= 15 is 0 Å². The second-order valence-corrected chi connectivity index (χ2v) is 14.9. The van der Waals surface area contributed by atoms with E-state index in [2.05, 4.69) is 19.6 Å². The molecule has 0 aromatic heterocycles. The molecule has 0 saturated carbocycles. The molecule has 0 aliphatic rings. The quantitative estimate of drug-likeness (QED) is 0.260. The van der Waals surface area contributed by atoms with Crippen molar-refractivity contribution in [1.29, 1.82) is 0 Å². The van der Waals surface area contributed by atoms with Crippen molar-refractivity contribution < 1.29 is 23.5 Å². The van der Waals surface area contributed by atoms with Crippen LogP contribution in [0.1, 0.15) is 19.3 Å². The van der Waals surface area contributed by atoms with Crippen molar-refractivity contribution >= 4 is 21.6 Å². The molecule has 6 nitrogen and oxygen atoms in total. The first-order chi connectivity index (χ1) is 11.6. The molecule has 1 rings (SSSR count). The topological polar surface area (TPSA) is 98.9 Å². The van der Waals surface area contributed by atoms with Crippen molar-refractivity contribution in [1.82, 2.24) is 0 Å². The second kappa shape index (κ2) is 10.1. The lowest BCUT2D eigenvalue weighted by Gasteiger charge is -2.17. The third-order valence-electron chi connectivity index (χ3n) is 3.60. The van der Waals surface area contributed by atoms with Gasteiger partial charge in [0, 0.05) is 8.07 Å². The van der Waals surface area contributed by atoms with E-state index in [4.69, 9.17) is 15.0 Å². The maximum absolute atomic E-state index is 12.0. The van der Waals surface area contributed by atoms with Crippen molar-refractivity contribution in [3.8, 4) is 5.75 Å². The maximum atomic E-state index is 12.0. The highest BCUT2D eigenvalue weighted by Gasteiger charge is 2.22. The van der Waals surface area contributed by atoms with E-state index in [0.717, 1.165) is 6.04 Å². The number of esters is 1. The highest BCUT2D eigenvalue weighted by molar-refractivity contribution is 7.53. The molecule has 8 heteroatoms. The average molecular weight is 387 g/mol. The molecule has 0 aliphatic carbocycles. The van der Waals surface area contributed by atoms with Crippen LogP contribution in [0.2, 0.25) is 25.7 Å². The number of nitrogens with two attached hydrogens (primary N) is 1. The van der Waals surface area contributed by atoms with Crippen molar-refractivity contribution in [3.05, 3.63) is 30.3 Å². The van der Waals surface area contributed by atoms with Crippen LogP contribution < -0.4 is 10.3 Å². The zero-order valence-electron chi connectivity index (χ0n) is 15.3. The fraction of sp³-hybridized carbons (Fsp3) is 0.588. The highest BCUT2D eigenvalue weighted by atomic mass is 31.2. The maximum Gasteiger partial charge on any atom is 0.376 e. The van der Waals surface area contributed by atoms with Gasteiger partial charge in [-0.1, -0.05) is 44.3 Å². The minimum absolute atomic E-state index is 0.0271. The number of hydrogen-bond donors (Lipinski definition) is 2. The molecule has 0 heterocycles. The summed E-state index contributed by atoms with van der Waals surface area (Å²) < 4.78 is 22.3. The molecule has 0 spiro atoms. The summed E-state index contributed by atoms with van der Waals surface area (Å²) >= 11 is 0. The van der Waals surface area contributed by atoms with Gasteiger partial charge in [-0.05, 0) is 31.0 Å². The van der Waals surface area contributed by atoms with Crippen LogP contribution in [-0.2, 0) is 14.1 Å². The van der Waals surface area contributed by atoms with Gasteiger partial charge >= 0.3 is 13.6 Å². The SMILES string of the molecule is C[Si](C)(C)CCOC(=O)[C@@H](N)CCCCP(=O)(O)Oc1ccccc1. The number of para-hydroxylation sites is 1. The Labute approximate surface area is 151 Å². The lowest BCUT2D eigenvalue weighted by atomic mass is 10.1. The van der Waals surface area contributed by atoms with E-state index in [0.29, 0.717) is 31.6 Å². The Bertz CT molecular complexity index is 576. The third-order valence-corrected chi connectivity index (χ3v) is 6.68. The van der Waals surface area contributed by atoms with E-state index in [9.17, 15) is 14.3 Å². The van der Waals surface area contributed by atoms with Crippen molar-refractivity contribution in [2.24, 2.45) is 5.73 Å². The first-order valence-corrected chi connectivity index (χ1v) is 14.0. The van der Waals surface area contributed by atoms with Crippen LogP contribution in [0, 0.1) is 0 Å². The summed E-state index contributed by atoms with van der Waals surface area (Å²) in [6.45, 7) is 7.06. The zero-order chi connectivity index (χ0) is 18.9. The summed E-state index contributed by atoms with van der Waals surface area (Å²) in [6, 6.07) is 8.78. The van der Waals surface area contributed by atoms with Gasteiger partial charge in [-0.15, -0.1) is 0 Å². The van der Waals surface area contributed by atoms with Gasteiger partial charge in [-0.2, -0.15) is 0 Å². The van der Waals surface area contributed by atoms with Crippen molar-refractivity contribution in [3.63, 3.8) is 0 Å². The van der Waals surface area contributed by atoms with E-state index < -0.39 is 27.7 Å². The number of hydrogen-bond acceptors (Lipinski definition) is 5. The van der Waals surface area contributed by atoms with Gasteiger partial charge in [-0.25, -0.2) is 4.57 Å². The van der Waals surface area contributed by atoms with Crippen LogP contribution in [0.4, 0.5) is 0 Å². The Morgan fingerprint density at radius 3 is 2.48 bits per heavy atom. The second-order valence-electron chi connectivity index (χ2n) is 7.35. The van der Waals surface area contributed by atoms with Crippen LogP contribution in [0.15, 0.2) is 30.3 Å². The van der Waals surface area contributed by atoms with Crippen LogP contribution in [0.3, 0.4) is 0 Å². The van der Waals surface area contributed by atoms with E-state index in [1.807, 2.05) is 0 Å². The minimum Gasteiger partial charge on any atom is -0.465 e. The summed E-state index contributed by atoms with van der Waals surface area (Å²) in [5, 5.41) is 0. The van der Waals surface area contributed by atoms with E-state index in [-0.39, 0.29) is 6.16 Å². The molecule has 0 amide bonds. The Morgan fingerprint density at radius 1 is 1.24 bits per heavy atom. The van der Waals surface area contributed by atoms with E-state index in [1.54, 1.807) is 30.3 Å². The molecule has 1 aromatic carbocycles. The van der Waals surface area contributed by atoms with Crippen LogP contribution in [0.25, 0.3) is 0 Å². The van der Waals surface area contributed by atoms with Gasteiger partial charge in [0.05, 0.1) is 12.8 Å². The molecule has 0 radical (unpaired) electrons. The summed E-state index contributed by atoms with van der Waals surface area (Å²) in [6.07, 6.45) is 1.47. The largest absolute Gasteiger partial charge is 0.465 e. The summed E-state index contributed by atoms with van der Waals surface area (Å²) in [7, 11) is -4.92. The number of carbonyl (C=O) groups is 1. The number of benzene rings is 1. The van der Waals surface area contributed by atoms with Gasteiger partial charge in [0.2, 0.25) is 0 Å². The first-order valence-electron chi connectivity index (χ1n) is 8.58. The molecule has 0 fully saturated rings. The Balaban J connectivity index is 2.23. The summed E-state index contributed by atoms with van der Waals surface area (Å²) in [4.78, 5) is 21.6. The van der Waals surface area contributed by atoms with E-state index in [1.165, 1.54) is 0 Å². The Kier molecular flexibility index (Phi) is 8.86. The number of ether oxygens (including phenoxy) is 1. The van der Waals surface area contributed by atoms with Gasteiger partial charge in [0.25, 0.3) is 0 Å². The fourth-order valence-corrected chi connectivity index (χ4v) is 3.93. The molecule has 0 aliphatic heterocycles. The molecule has 1 unspecified atom stereocenters. The number of unbranched alkanes of at least 4 members (excludes halogenated alkanes) is 1. The molecule has 25 heavy (non-hydrogen) atoms. The zero-order valence-corrected chi connectivity index (χ0v) is 17.2. The van der Waals surface area contributed by atoms with Gasteiger partial charge < -0.3 is 19.9 Å². The molecular weight excluding hydrogens is 357 g/mol. The summed E-state index contributed by atoms with van der Waals surface area (Å²) in [5.74, 6) is -0.0259. The molecule has 3 N–H and O–H groups in total. The molecular formula is C17H30NO5PSi. The fourth-order valence-electron chi connectivity index (χ4n) is 2.05. The smallest absolute Gasteiger partial charge is 0.376 e. The van der Waals surface area contributed by atoms with Gasteiger partial charge in [0.15, 0.2) is 0 Å². The lowest BCUT2D eigenvalue weighted by Crippen LogP contribution is -2.33. The molecule has 1 aromatic rings. The molecule has 2 atom stereocenters. The Morgan fingerprint density at radius 2 is 1.88 bits per heavy atom. The highest BCUT2D eigenvalue weighted by Crippen LogP contribution is 2.43. The van der Waals surface area contributed by atoms with Crippen LogP contribution in [0.5, 0.6) is 5.75 Å². The Hall–Kier alpha value is -1.14. The average Bonchev–Trinajstić information content (AvgIpc) is 2.50.